The van der Waals surface area contributed by atoms with Crippen LogP contribution in [-0.2, 0) is 26.0 Å². The predicted octanol–water partition coefficient (Wildman–Crippen LogP) is -4.31. The molecule has 0 spiro atoms. The number of urea groups is 1. The Balaban J connectivity index is 0.00000225. The fraction of sp³-hybridized carbons (Fsp3) is 0.357. The molecule has 3 amide bonds. The van der Waals surface area contributed by atoms with Crippen molar-refractivity contribution in [2.75, 3.05) is 6.54 Å². The zero-order chi connectivity index (χ0) is 20.8. The molecule has 13 nitrogen and oxygen atoms in total. The Labute approximate surface area is 187 Å². The Hall–Kier alpha value is -2.10. The number of nitrogens with zero attached hydrogens (tertiary/aromatic N) is 3. The average Bonchev–Trinajstić information content (AvgIpc) is 2.85. The molecule has 2 bridgehead atoms. The first-order chi connectivity index (χ1) is 13.0. The molecule has 2 aliphatic heterocycles. The van der Waals surface area contributed by atoms with Crippen molar-refractivity contribution in [3.63, 3.8) is 0 Å². The van der Waals surface area contributed by atoms with Gasteiger partial charge in [-0.25, -0.2) is 4.79 Å². The van der Waals surface area contributed by atoms with Crippen LogP contribution in [0.3, 0.4) is 0 Å². The Bertz CT molecular complexity index is 1040. The molecule has 29 heavy (non-hydrogen) atoms. The molecule has 0 aromatic carbocycles. The number of rotatable bonds is 5. The third kappa shape index (κ3) is 4.73. The van der Waals surface area contributed by atoms with Crippen LogP contribution in [0.1, 0.15) is 14.0 Å². The van der Waals surface area contributed by atoms with Crippen molar-refractivity contribution in [1.82, 2.24) is 20.0 Å². The number of carbonyl (C=O) groups is 2. The van der Waals surface area contributed by atoms with Gasteiger partial charge in [-0.2, -0.15) is 18.2 Å². The van der Waals surface area contributed by atoms with Gasteiger partial charge < -0.3 is 22.0 Å². The van der Waals surface area contributed by atoms with E-state index < -0.39 is 45.6 Å². The molecule has 2 unspecified atom stereocenters. The number of aromatic hydroxyl groups is 1. The predicted molar refractivity (Wildman–Crippen MR) is 90.4 cm³/mol. The number of hydroxylamine groups is 2. The molecule has 2 atom stereocenters. The molecule has 15 heteroatoms. The van der Waals surface area contributed by atoms with Gasteiger partial charge in [0.25, 0.3) is 0 Å². The molecule has 3 heterocycles. The van der Waals surface area contributed by atoms with Crippen molar-refractivity contribution < 1.29 is 68.1 Å². The van der Waals surface area contributed by atoms with Crippen molar-refractivity contribution >= 4 is 22.3 Å². The third-order valence-corrected chi connectivity index (χ3v) is 4.69. The van der Waals surface area contributed by atoms with E-state index in [1.165, 1.54) is 6.08 Å². The fourth-order valence-electron chi connectivity index (χ4n) is 2.98. The van der Waals surface area contributed by atoms with E-state index >= 15 is 0 Å². The molecule has 154 valence electrons. The molecule has 4 N–H and O–H groups in total. The Kier molecular flexibility index (Phi) is 6.66. The largest absolute Gasteiger partial charge is 1.00 e. The molecule has 3 rings (SSSR count). The van der Waals surface area contributed by atoms with Gasteiger partial charge in [-0.3, -0.25) is 14.1 Å². The normalized spacial score (nSPS) is 20.9. The van der Waals surface area contributed by atoms with Gasteiger partial charge in [0.2, 0.25) is 11.3 Å². The van der Waals surface area contributed by atoms with E-state index in [2.05, 4.69) is 9.60 Å². The van der Waals surface area contributed by atoms with Crippen LogP contribution in [0.2, 0.25) is 0 Å². The second-order valence-corrected chi connectivity index (χ2v) is 7.22. The van der Waals surface area contributed by atoms with Gasteiger partial charge in [0.15, 0.2) is 5.75 Å². The van der Waals surface area contributed by atoms with Crippen LogP contribution in [0.15, 0.2) is 28.7 Å². The minimum Gasteiger partial charge on any atom is -1.00 e. The van der Waals surface area contributed by atoms with Crippen LogP contribution in [0.4, 0.5) is 4.79 Å². The van der Waals surface area contributed by atoms with E-state index in [0.717, 1.165) is 17.2 Å². The van der Waals surface area contributed by atoms with E-state index in [0.29, 0.717) is 15.4 Å². The molecular formula is C14H17N4NaO9S. The van der Waals surface area contributed by atoms with Crippen molar-refractivity contribution in [3.05, 3.63) is 39.8 Å². The molecule has 1 aromatic heterocycles. The maximum absolute atomic E-state index is 12.5. The number of aromatic nitrogens is 1. The third-order valence-electron chi connectivity index (χ3n) is 4.34. The first-order valence-electron chi connectivity index (χ1n) is 7.84. The van der Waals surface area contributed by atoms with Gasteiger partial charge in [-0.1, -0.05) is 6.08 Å². The number of amides is 3. The first kappa shape index (κ1) is 23.2. The second kappa shape index (κ2) is 8.33. The minimum absolute atomic E-state index is 0. The summed E-state index contributed by atoms with van der Waals surface area (Å²) in [7, 11) is -4.93. The summed E-state index contributed by atoms with van der Waals surface area (Å²) in [5.41, 5.74) is -0.303. The van der Waals surface area contributed by atoms with Crippen LogP contribution >= 0.6 is 0 Å². The SMILES string of the molecule is CC1=CC(C(=O)NCc2cc(=O)c(O)cn2O)N2CC1N(OS(=O)(=O)O)C2=O.[H-].[Na+]. The number of hydrogen-bond acceptors (Lipinski definition) is 8. The monoisotopic (exact) mass is 440 g/mol. The zero-order valence-corrected chi connectivity index (χ0v) is 18.2. The molecular weight excluding hydrogens is 423 g/mol. The Morgan fingerprint density at radius 1 is 1.41 bits per heavy atom. The van der Waals surface area contributed by atoms with Gasteiger partial charge in [-0.15, -0.1) is 4.28 Å². The average molecular weight is 440 g/mol. The Morgan fingerprint density at radius 3 is 2.69 bits per heavy atom. The summed E-state index contributed by atoms with van der Waals surface area (Å²) in [6, 6.07) is -1.90. The topological polar surface area (TPSA) is 179 Å². The number of hydrogen-bond donors (Lipinski definition) is 4. The van der Waals surface area contributed by atoms with Gasteiger partial charge in [0.05, 0.1) is 25.0 Å². The van der Waals surface area contributed by atoms with Gasteiger partial charge in [0, 0.05) is 6.07 Å². The summed E-state index contributed by atoms with van der Waals surface area (Å²) >= 11 is 0. The van der Waals surface area contributed by atoms with Crippen LogP contribution in [0.25, 0.3) is 0 Å². The number of carbonyl (C=O) groups excluding carboxylic acids is 2. The standard InChI is InChI=1S/C14H16N4O9S.Na.H/c1-7-2-9(16-5-10(7)18(14(16)22)27-28(24,25)26)13(21)15-4-8-3-11(19)12(20)6-17(8)23;;/h2-3,6,9-10,20,23H,4-5H2,1H3,(H,15,21)(H,24,25,26);;/q;+1;-1. The van der Waals surface area contributed by atoms with Crippen molar-refractivity contribution in [1.29, 1.82) is 0 Å². The quantitative estimate of drug-likeness (QED) is 0.153. The number of nitrogens with one attached hydrogen (secondary N) is 1. The Morgan fingerprint density at radius 2 is 2.07 bits per heavy atom. The summed E-state index contributed by atoms with van der Waals surface area (Å²) in [5.74, 6) is -1.34. The van der Waals surface area contributed by atoms with Gasteiger partial charge in [0.1, 0.15) is 12.1 Å². The maximum Gasteiger partial charge on any atom is 1.00 e. The van der Waals surface area contributed by atoms with E-state index in [9.17, 15) is 33.1 Å². The van der Waals surface area contributed by atoms with Crippen molar-refractivity contribution in [2.45, 2.75) is 25.6 Å². The van der Waals surface area contributed by atoms with E-state index in [1.54, 1.807) is 6.92 Å². The smallest absolute Gasteiger partial charge is 1.00 e. The van der Waals surface area contributed by atoms with Crippen LogP contribution < -0.4 is 40.3 Å². The van der Waals surface area contributed by atoms with Gasteiger partial charge >= 0.3 is 46.0 Å². The summed E-state index contributed by atoms with van der Waals surface area (Å²) in [6.45, 7) is 1.23. The van der Waals surface area contributed by atoms with Gasteiger partial charge in [-0.05, 0) is 12.5 Å². The summed E-state index contributed by atoms with van der Waals surface area (Å²) in [4.78, 5) is 37.4. The van der Waals surface area contributed by atoms with E-state index in [4.69, 9.17) is 4.55 Å². The number of fused-ring (bicyclic) bond motifs is 2. The summed E-state index contributed by atoms with van der Waals surface area (Å²) in [6.07, 6.45) is 2.20. The number of pyridine rings is 1. The van der Waals surface area contributed by atoms with Crippen molar-refractivity contribution in [3.8, 4) is 5.75 Å². The molecule has 1 fully saturated rings. The molecule has 1 saturated heterocycles. The zero-order valence-electron chi connectivity index (χ0n) is 16.3. The van der Waals surface area contributed by atoms with Crippen molar-refractivity contribution in [2.24, 2.45) is 0 Å². The summed E-state index contributed by atoms with van der Waals surface area (Å²) in [5, 5.41) is 21.8. The van der Waals surface area contributed by atoms with E-state index in [-0.39, 0.29) is 49.8 Å². The molecule has 2 aliphatic rings. The molecule has 0 aliphatic carbocycles. The molecule has 1 aromatic rings. The van der Waals surface area contributed by atoms with Crippen LogP contribution in [-0.4, -0.2) is 68.5 Å². The maximum atomic E-state index is 12.5. The molecule has 0 saturated carbocycles. The van der Waals surface area contributed by atoms with E-state index in [1.807, 2.05) is 0 Å². The summed E-state index contributed by atoms with van der Waals surface area (Å²) < 4.78 is 35.5. The second-order valence-electron chi connectivity index (χ2n) is 6.21. The van der Waals surface area contributed by atoms with Crippen LogP contribution in [0.5, 0.6) is 5.75 Å². The fourth-order valence-corrected chi connectivity index (χ4v) is 3.35. The minimum atomic E-state index is -4.93. The first-order valence-corrected chi connectivity index (χ1v) is 9.21. The molecule has 0 radical (unpaired) electrons. The van der Waals surface area contributed by atoms with Crippen LogP contribution in [0, 0.1) is 0 Å².